The Kier molecular flexibility index (Phi) is 7.05. The van der Waals surface area contributed by atoms with E-state index in [0.29, 0.717) is 23.7 Å². The maximum absolute atomic E-state index is 11.6. The number of amides is 1. The van der Waals surface area contributed by atoms with E-state index >= 15 is 0 Å². The molecule has 168 valence electrons. The van der Waals surface area contributed by atoms with Gasteiger partial charge in [0, 0.05) is 51.5 Å². The molecular weight excluding hydrogens is 376 g/mol. The molecule has 1 aliphatic heterocycles. The minimum atomic E-state index is -0.110. The third kappa shape index (κ3) is 5.51. The Morgan fingerprint density at radius 2 is 1.87 bits per heavy atom. The molecule has 0 spiro atoms. The van der Waals surface area contributed by atoms with Crippen LogP contribution in [0.25, 0.3) is 0 Å². The smallest absolute Gasteiger partial charge is 0.221 e. The molecule has 0 bridgehead atoms. The van der Waals surface area contributed by atoms with Crippen LogP contribution >= 0.6 is 0 Å². The first-order valence-corrected chi connectivity index (χ1v) is 11.5. The van der Waals surface area contributed by atoms with Crippen LogP contribution in [-0.2, 0) is 16.6 Å². The van der Waals surface area contributed by atoms with Crippen LogP contribution in [0.1, 0.15) is 66.7 Å². The van der Waals surface area contributed by atoms with E-state index in [4.69, 9.17) is 4.42 Å². The summed E-state index contributed by atoms with van der Waals surface area (Å²) >= 11 is 0. The van der Waals surface area contributed by atoms with Crippen molar-refractivity contribution in [2.45, 2.75) is 66.7 Å². The Bertz CT molecular complexity index is 754. The summed E-state index contributed by atoms with van der Waals surface area (Å²) in [5.41, 5.74) is 1.34. The van der Waals surface area contributed by atoms with Gasteiger partial charge >= 0.3 is 0 Å². The van der Waals surface area contributed by atoms with E-state index in [1.165, 1.54) is 12.0 Å². The number of allylic oxidation sites excluding steroid dienone is 1. The van der Waals surface area contributed by atoms with Crippen molar-refractivity contribution in [1.29, 1.82) is 0 Å². The summed E-state index contributed by atoms with van der Waals surface area (Å²) < 4.78 is 5.98. The minimum absolute atomic E-state index is 0.110. The maximum atomic E-state index is 11.6. The van der Waals surface area contributed by atoms with Crippen molar-refractivity contribution >= 4 is 5.91 Å². The first-order chi connectivity index (χ1) is 14.0. The Morgan fingerprint density at radius 3 is 2.40 bits per heavy atom. The molecule has 6 nitrogen and oxygen atoms in total. The average Bonchev–Trinajstić information content (AvgIpc) is 3.13. The highest BCUT2D eigenvalue weighted by Crippen LogP contribution is 2.39. The third-order valence-electron chi connectivity index (χ3n) is 6.90. The van der Waals surface area contributed by atoms with E-state index < -0.39 is 0 Å². The van der Waals surface area contributed by atoms with Gasteiger partial charge in [-0.15, -0.1) is 10.2 Å². The summed E-state index contributed by atoms with van der Waals surface area (Å²) in [7, 11) is 0. The van der Waals surface area contributed by atoms with E-state index in [9.17, 15) is 4.79 Å². The van der Waals surface area contributed by atoms with Crippen LogP contribution in [-0.4, -0.2) is 58.6 Å². The molecule has 0 saturated carbocycles. The topological polar surface area (TPSA) is 62.5 Å². The van der Waals surface area contributed by atoms with Gasteiger partial charge < -0.3 is 9.32 Å². The fourth-order valence-corrected chi connectivity index (χ4v) is 4.88. The molecule has 1 fully saturated rings. The van der Waals surface area contributed by atoms with Crippen LogP contribution in [0.2, 0.25) is 0 Å². The van der Waals surface area contributed by atoms with Crippen LogP contribution in [0.15, 0.2) is 16.1 Å². The third-order valence-corrected chi connectivity index (χ3v) is 6.90. The zero-order valence-corrected chi connectivity index (χ0v) is 19.9. The molecule has 0 N–H and O–H groups in total. The van der Waals surface area contributed by atoms with Crippen molar-refractivity contribution in [2.24, 2.45) is 23.7 Å². The van der Waals surface area contributed by atoms with Crippen LogP contribution in [0.5, 0.6) is 0 Å². The standard InChI is InChI=1S/C24H40N4O2/c1-16(2)21-13-19(14-22-25-26-23(30-22)24(5,6)7)17(3)12-20(21)15-27-8-10-28(11-9-27)18(4)29/h12,16,19-21H,8-11,13-15H2,1-7H3. The predicted molar refractivity (Wildman–Crippen MR) is 119 cm³/mol. The van der Waals surface area contributed by atoms with E-state index in [-0.39, 0.29) is 11.3 Å². The molecule has 3 rings (SSSR count). The van der Waals surface area contributed by atoms with E-state index in [0.717, 1.165) is 50.9 Å². The highest BCUT2D eigenvalue weighted by Gasteiger charge is 2.34. The molecular formula is C24H40N4O2. The van der Waals surface area contributed by atoms with Gasteiger partial charge in [0.25, 0.3) is 0 Å². The number of aromatic nitrogens is 2. The largest absolute Gasteiger partial charge is 0.425 e. The van der Waals surface area contributed by atoms with Crippen molar-refractivity contribution in [1.82, 2.24) is 20.0 Å². The number of carbonyl (C=O) groups is 1. The lowest BCUT2D eigenvalue weighted by Gasteiger charge is -2.41. The number of rotatable bonds is 5. The Balaban J connectivity index is 1.66. The lowest BCUT2D eigenvalue weighted by Crippen LogP contribution is -2.50. The van der Waals surface area contributed by atoms with Crippen molar-refractivity contribution in [3.05, 3.63) is 23.4 Å². The SMILES string of the molecule is CC(=O)N1CCN(CC2C=C(C)C(Cc3nnc(C(C)(C)C)o3)CC2C(C)C)CC1. The lowest BCUT2D eigenvalue weighted by atomic mass is 9.69. The number of piperazine rings is 1. The summed E-state index contributed by atoms with van der Waals surface area (Å²) in [4.78, 5) is 16.1. The van der Waals surface area contributed by atoms with Gasteiger partial charge in [-0.3, -0.25) is 9.69 Å². The van der Waals surface area contributed by atoms with Gasteiger partial charge in [-0.05, 0) is 37.0 Å². The molecule has 0 aromatic carbocycles. The van der Waals surface area contributed by atoms with Gasteiger partial charge in [-0.1, -0.05) is 46.3 Å². The number of carbonyl (C=O) groups excluding carboxylic acids is 1. The highest BCUT2D eigenvalue weighted by atomic mass is 16.4. The molecule has 1 amide bonds. The molecule has 6 heteroatoms. The lowest BCUT2D eigenvalue weighted by molar-refractivity contribution is -0.130. The zero-order valence-electron chi connectivity index (χ0n) is 19.9. The molecule has 2 aliphatic rings. The molecule has 1 saturated heterocycles. The van der Waals surface area contributed by atoms with Gasteiger partial charge in [0.2, 0.25) is 17.7 Å². The van der Waals surface area contributed by atoms with E-state index in [2.05, 4.69) is 62.7 Å². The van der Waals surface area contributed by atoms with Gasteiger partial charge in [-0.25, -0.2) is 0 Å². The van der Waals surface area contributed by atoms with Crippen LogP contribution in [0.4, 0.5) is 0 Å². The van der Waals surface area contributed by atoms with Crippen LogP contribution < -0.4 is 0 Å². The number of nitrogens with zero attached hydrogens (tertiary/aromatic N) is 4. The zero-order chi connectivity index (χ0) is 22.1. The second kappa shape index (κ2) is 9.21. The van der Waals surface area contributed by atoms with Crippen LogP contribution in [0.3, 0.4) is 0 Å². The van der Waals surface area contributed by atoms with E-state index in [1.54, 1.807) is 6.92 Å². The monoisotopic (exact) mass is 416 g/mol. The van der Waals surface area contributed by atoms with Crippen molar-refractivity contribution in [2.75, 3.05) is 32.7 Å². The summed E-state index contributed by atoms with van der Waals surface area (Å²) in [6.45, 7) is 19.7. The second-order valence-corrected chi connectivity index (χ2v) is 10.7. The predicted octanol–water partition coefficient (Wildman–Crippen LogP) is 3.93. The quantitative estimate of drug-likeness (QED) is 0.681. The second-order valence-electron chi connectivity index (χ2n) is 10.7. The Labute approximate surface area is 182 Å². The number of hydrogen-bond donors (Lipinski definition) is 0. The summed E-state index contributed by atoms with van der Waals surface area (Å²) in [6, 6.07) is 0. The molecule has 3 unspecified atom stereocenters. The first-order valence-electron chi connectivity index (χ1n) is 11.5. The fourth-order valence-electron chi connectivity index (χ4n) is 4.88. The molecule has 1 aliphatic carbocycles. The van der Waals surface area contributed by atoms with Crippen molar-refractivity contribution < 1.29 is 9.21 Å². The van der Waals surface area contributed by atoms with Gasteiger partial charge in [0.1, 0.15) is 0 Å². The minimum Gasteiger partial charge on any atom is -0.425 e. The first kappa shape index (κ1) is 23.0. The molecule has 1 aromatic heterocycles. The van der Waals surface area contributed by atoms with Crippen molar-refractivity contribution in [3.63, 3.8) is 0 Å². The van der Waals surface area contributed by atoms with Crippen LogP contribution in [0, 0.1) is 23.7 Å². The molecule has 3 atom stereocenters. The number of hydrogen-bond acceptors (Lipinski definition) is 5. The highest BCUT2D eigenvalue weighted by molar-refractivity contribution is 5.73. The fraction of sp³-hybridized carbons (Fsp3) is 0.792. The molecule has 1 aromatic rings. The van der Waals surface area contributed by atoms with Crippen molar-refractivity contribution in [3.8, 4) is 0 Å². The molecule has 2 heterocycles. The Hall–Kier alpha value is -1.69. The summed E-state index contributed by atoms with van der Waals surface area (Å²) in [5.74, 6) is 4.00. The van der Waals surface area contributed by atoms with Gasteiger partial charge in [0.05, 0.1) is 0 Å². The average molecular weight is 417 g/mol. The van der Waals surface area contributed by atoms with E-state index in [1.807, 2.05) is 4.90 Å². The molecule has 0 radical (unpaired) electrons. The van der Waals surface area contributed by atoms with Gasteiger partial charge in [0.15, 0.2) is 0 Å². The van der Waals surface area contributed by atoms with Gasteiger partial charge in [-0.2, -0.15) is 0 Å². The maximum Gasteiger partial charge on any atom is 0.221 e. The Morgan fingerprint density at radius 1 is 1.20 bits per heavy atom. The normalized spacial score (nSPS) is 26.2. The summed E-state index contributed by atoms with van der Waals surface area (Å²) in [6.07, 6.45) is 4.52. The molecule has 30 heavy (non-hydrogen) atoms. The summed E-state index contributed by atoms with van der Waals surface area (Å²) in [5, 5.41) is 8.60.